The molecule has 0 bridgehead atoms. The fourth-order valence-corrected chi connectivity index (χ4v) is 0.113. The lowest BCUT2D eigenvalue weighted by atomic mass is 10.6. The molecule has 0 aliphatic rings. The summed E-state index contributed by atoms with van der Waals surface area (Å²) in [5, 5.41) is 25.6. The van der Waals surface area contributed by atoms with Crippen molar-refractivity contribution in [3.8, 4) is 0 Å². The molecular formula is C2H5NO5. The van der Waals surface area contributed by atoms with Crippen molar-refractivity contribution < 1.29 is 20.2 Å². The van der Waals surface area contributed by atoms with Gasteiger partial charge in [0.25, 0.3) is 0 Å². The summed E-state index contributed by atoms with van der Waals surface area (Å²) in [6.07, 6.45) is 0. The molecule has 0 rings (SSSR count). The lowest BCUT2D eigenvalue weighted by Crippen LogP contribution is -2.32. The Hall–Kier alpha value is -0.720. The third-order valence-electron chi connectivity index (χ3n) is 0.311. The van der Waals surface area contributed by atoms with Gasteiger partial charge in [0.2, 0.25) is 6.61 Å². The highest BCUT2D eigenvalue weighted by molar-refractivity contribution is 4.38. The van der Waals surface area contributed by atoms with Crippen LogP contribution in [0.15, 0.2) is 5.34 Å². The van der Waals surface area contributed by atoms with E-state index in [4.69, 9.17) is 20.2 Å². The van der Waals surface area contributed by atoms with Crippen molar-refractivity contribution in [2.24, 2.45) is 5.34 Å². The zero-order valence-corrected chi connectivity index (χ0v) is 3.81. The first-order valence-electron chi connectivity index (χ1n) is 1.68. The van der Waals surface area contributed by atoms with E-state index >= 15 is 0 Å². The fraction of sp³-hybridized carbons (Fsp3) is 1.00. The molecule has 0 heterocycles. The monoisotopic (exact) mass is 123 g/mol. The fourth-order valence-electron chi connectivity index (χ4n) is 0.113. The standard InChI is InChI=1S/C2H5NO5/c4-2(5,6)1-8-3-7/h4-6H,1H2. The van der Waals surface area contributed by atoms with Gasteiger partial charge in [-0.15, -0.1) is 4.91 Å². The van der Waals surface area contributed by atoms with Crippen LogP contribution in [0, 0.1) is 4.91 Å². The molecule has 8 heavy (non-hydrogen) atoms. The Bertz CT molecular complexity index is 75.0. The van der Waals surface area contributed by atoms with E-state index in [0.29, 0.717) is 0 Å². The Balaban J connectivity index is 3.24. The van der Waals surface area contributed by atoms with Crippen LogP contribution in [0.5, 0.6) is 0 Å². The summed E-state index contributed by atoms with van der Waals surface area (Å²) < 4.78 is 0. The summed E-state index contributed by atoms with van der Waals surface area (Å²) in [5.74, 6) is -2.96. The lowest BCUT2D eigenvalue weighted by molar-refractivity contribution is -0.332. The molecule has 0 spiro atoms. The minimum Gasteiger partial charge on any atom is -0.355 e. The van der Waals surface area contributed by atoms with Gasteiger partial charge in [-0.05, 0) is 0 Å². The van der Waals surface area contributed by atoms with E-state index in [0.717, 1.165) is 0 Å². The molecule has 0 unspecified atom stereocenters. The maximum absolute atomic E-state index is 9.05. The molecular weight excluding hydrogens is 118 g/mol. The third kappa shape index (κ3) is 5.28. The van der Waals surface area contributed by atoms with Crippen molar-refractivity contribution in [3.05, 3.63) is 4.91 Å². The molecule has 0 saturated carbocycles. The highest BCUT2D eigenvalue weighted by Crippen LogP contribution is 1.91. The summed E-state index contributed by atoms with van der Waals surface area (Å²) in [5.41, 5.74) is 0. The first-order chi connectivity index (χ1) is 3.56. The molecule has 0 aliphatic heterocycles. The van der Waals surface area contributed by atoms with Crippen LogP contribution in [0.3, 0.4) is 0 Å². The van der Waals surface area contributed by atoms with Crippen LogP contribution >= 0.6 is 0 Å². The van der Waals surface area contributed by atoms with Gasteiger partial charge >= 0.3 is 5.97 Å². The molecule has 0 aromatic rings. The summed E-state index contributed by atoms with van der Waals surface area (Å²) in [4.78, 5) is 12.6. The lowest BCUT2D eigenvalue weighted by Gasteiger charge is -2.08. The van der Waals surface area contributed by atoms with Crippen molar-refractivity contribution in [1.82, 2.24) is 0 Å². The maximum atomic E-state index is 9.05. The molecule has 0 saturated heterocycles. The number of rotatable bonds is 3. The quantitative estimate of drug-likeness (QED) is 0.236. The second-order valence-corrected chi connectivity index (χ2v) is 1.12. The van der Waals surface area contributed by atoms with Crippen LogP contribution in [0.2, 0.25) is 0 Å². The second-order valence-electron chi connectivity index (χ2n) is 1.12. The van der Waals surface area contributed by atoms with Gasteiger partial charge in [-0.3, -0.25) is 0 Å². The average molecular weight is 123 g/mol. The molecule has 0 radical (unpaired) electrons. The smallest absolute Gasteiger partial charge is 0.314 e. The Morgan fingerprint density at radius 1 is 1.50 bits per heavy atom. The van der Waals surface area contributed by atoms with Crippen molar-refractivity contribution >= 4 is 0 Å². The number of aliphatic hydroxyl groups is 3. The minimum atomic E-state index is -2.96. The van der Waals surface area contributed by atoms with Gasteiger partial charge in [-0.25, -0.2) is 0 Å². The van der Waals surface area contributed by atoms with E-state index in [1.165, 1.54) is 0 Å². The average Bonchev–Trinajstić information content (AvgIpc) is 1.59. The summed E-state index contributed by atoms with van der Waals surface area (Å²) in [6, 6.07) is 0. The normalized spacial score (nSPS) is 10.9. The van der Waals surface area contributed by atoms with Gasteiger partial charge in [0.1, 0.15) is 0 Å². The molecule has 0 atom stereocenters. The van der Waals surface area contributed by atoms with E-state index in [1.54, 1.807) is 5.34 Å². The molecule has 3 N–H and O–H groups in total. The Morgan fingerprint density at radius 3 is 2.12 bits per heavy atom. The minimum absolute atomic E-state index is 0.948. The van der Waals surface area contributed by atoms with Crippen molar-refractivity contribution in [2.75, 3.05) is 6.61 Å². The molecule has 0 amide bonds. The summed E-state index contributed by atoms with van der Waals surface area (Å²) in [6.45, 7) is -0.948. The zero-order chi connectivity index (χ0) is 6.62. The molecule has 0 aliphatic carbocycles. The van der Waals surface area contributed by atoms with Gasteiger partial charge in [0.15, 0.2) is 5.34 Å². The van der Waals surface area contributed by atoms with E-state index < -0.39 is 12.6 Å². The highest BCUT2D eigenvalue weighted by Gasteiger charge is 2.18. The SMILES string of the molecule is O=NOCC(O)(O)O. The molecule has 0 aromatic heterocycles. The number of nitrogens with zero attached hydrogens (tertiary/aromatic N) is 1. The largest absolute Gasteiger partial charge is 0.355 e. The summed E-state index contributed by atoms with van der Waals surface area (Å²) >= 11 is 0. The van der Waals surface area contributed by atoms with E-state index in [2.05, 4.69) is 4.84 Å². The Labute approximate surface area is 44.2 Å². The predicted molar refractivity (Wildman–Crippen MR) is 21.1 cm³/mol. The zero-order valence-electron chi connectivity index (χ0n) is 3.81. The third-order valence-corrected chi connectivity index (χ3v) is 0.311. The number of hydrogen-bond acceptors (Lipinski definition) is 6. The van der Waals surface area contributed by atoms with Crippen LogP contribution in [0.4, 0.5) is 0 Å². The van der Waals surface area contributed by atoms with Crippen molar-refractivity contribution in [1.29, 1.82) is 0 Å². The molecule has 6 heteroatoms. The second kappa shape index (κ2) is 2.55. The van der Waals surface area contributed by atoms with Gasteiger partial charge in [-0.1, -0.05) is 0 Å². The van der Waals surface area contributed by atoms with Gasteiger partial charge < -0.3 is 20.2 Å². The van der Waals surface area contributed by atoms with Crippen molar-refractivity contribution in [3.63, 3.8) is 0 Å². The van der Waals surface area contributed by atoms with E-state index in [9.17, 15) is 0 Å². The van der Waals surface area contributed by atoms with Gasteiger partial charge in [0.05, 0.1) is 0 Å². The number of hydrogen-bond donors (Lipinski definition) is 3. The first kappa shape index (κ1) is 7.28. The summed E-state index contributed by atoms with van der Waals surface area (Å²) in [7, 11) is 0. The van der Waals surface area contributed by atoms with Crippen LogP contribution in [0.1, 0.15) is 0 Å². The van der Waals surface area contributed by atoms with Gasteiger partial charge in [-0.2, -0.15) is 0 Å². The maximum Gasteiger partial charge on any atom is 0.314 e. The van der Waals surface area contributed by atoms with Crippen LogP contribution < -0.4 is 0 Å². The van der Waals surface area contributed by atoms with Crippen LogP contribution in [-0.2, 0) is 4.84 Å². The first-order valence-corrected chi connectivity index (χ1v) is 1.68. The molecule has 0 aromatic carbocycles. The molecule has 48 valence electrons. The molecule has 0 fully saturated rings. The van der Waals surface area contributed by atoms with Gasteiger partial charge in [0, 0.05) is 0 Å². The van der Waals surface area contributed by atoms with Crippen LogP contribution in [0.25, 0.3) is 0 Å². The Morgan fingerprint density at radius 2 is 2.00 bits per heavy atom. The van der Waals surface area contributed by atoms with E-state index in [-0.39, 0.29) is 0 Å². The van der Waals surface area contributed by atoms with Crippen molar-refractivity contribution in [2.45, 2.75) is 5.97 Å². The predicted octanol–water partition coefficient (Wildman–Crippen LogP) is -1.68. The Kier molecular flexibility index (Phi) is 2.32. The molecule has 6 nitrogen and oxygen atoms in total. The topological polar surface area (TPSA) is 99.4 Å². The van der Waals surface area contributed by atoms with Crippen LogP contribution in [-0.4, -0.2) is 27.9 Å². The van der Waals surface area contributed by atoms with E-state index in [1.807, 2.05) is 0 Å². The highest BCUT2D eigenvalue weighted by atomic mass is 16.8.